The molecule has 11 aromatic rings. The number of hydrogen-bond donors (Lipinski definition) is 0. The molecular formula is C58H40N2. The molecule has 0 fully saturated rings. The molecule has 2 nitrogen and oxygen atoms in total. The molecule has 0 aliphatic carbocycles. The zero-order chi connectivity index (χ0) is 39.8. The lowest BCUT2D eigenvalue weighted by molar-refractivity contribution is 1.18. The van der Waals surface area contributed by atoms with Crippen molar-refractivity contribution in [1.82, 2.24) is 4.57 Å². The van der Waals surface area contributed by atoms with Crippen molar-refractivity contribution in [3.05, 3.63) is 243 Å². The van der Waals surface area contributed by atoms with Crippen molar-refractivity contribution in [3.8, 4) is 50.2 Å². The smallest absolute Gasteiger partial charge is 0.0562 e. The number of aromatic nitrogens is 1. The van der Waals surface area contributed by atoms with E-state index in [1.165, 1.54) is 66.0 Å². The fraction of sp³-hybridized carbons (Fsp3) is 0. The summed E-state index contributed by atoms with van der Waals surface area (Å²) < 4.78 is 2.47. The summed E-state index contributed by atoms with van der Waals surface area (Å²) in [5.41, 5.74) is 16.2. The lowest BCUT2D eigenvalue weighted by atomic mass is 9.92. The van der Waals surface area contributed by atoms with Crippen LogP contribution in [-0.2, 0) is 0 Å². The molecule has 0 N–H and O–H groups in total. The Bertz CT molecular complexity index is 3290. The Balaban J connectivity index is 1.18. The van der Waals surface area contributed by atoms with Gasteiger partial charge in [-0.3, -0.25) is 0 Å². The first-order valence-electron chi connectivity index (χ1n) is 20.6. The van der Waals surface area contributed by atoms with Crippen LogP contribution in [0, 0.1) is 0 Å². The van der Waals surface area contributed by atoms with Gasteiger partial charge in [-0.15, -0.1) is 0 Å². The minimum absolute atomic E-state index is 1.07. The molecular weight excluding hydrogens is 725 g/mol. The minimum Gasteiger partial charge on any atom is -0.310 e. The molecule has 0 unspecified atom stereocenters. The first-order valence-corrected chi connectivity index (χ1v) is 20.6. The van der Waals surface area contributed by atoms with Gasteiger partial charge in [0.2, 0.25) is 0 Å². The quantitative estimate of drug-likeness (QED) is 0.150. The number of nitrogens with zero attached hydrogens (tertiary/aromatic N) is 2. The Morgan fingerprint density at radius 3 is 1.62 bits per heavy atom. The third kappa shape index (κ3) is 6.14. The third-order valence-electron chi connectivity index (χ3n) is 11.8. The van der Waals surface area contributed by atoms with Crippen molar-refractivity contribution in [3.63, 3.8) is 0 Å². The summed E-state index contributed by atoms with van der Waals surface area (Å²) in [5, 5.41) is 4.91. The standard InChI is InChI=1S/C58H40N2/c1-4-18-41(19-5-1)42-34-36-46(37-35-42)59(56-33-17-29-49(44-20-6-2-7-21-44)58(56)45-23-8-3-9-24-45)47-38-39-53-52-28-13-15-32-55(52)60(57(53)40-47)54-31-14-12-27-51(54)50-30-16-25-43-22-10-11-26-48(43)50/h1-40H. The van der Waals surface area contributed by atoms with E-state index in [-0.39, 0.29) is 0 Å². The van der Waals surface area contributed by atoms with Gasteiger partial charge in [-0.05, 0) is 86.6 Å². The molecule has 0 saturated heterocycles. The Labute approximate surface area is 350 Å². The second kappa shape index (κ2) is 15.1. The van der Waals surface area contributed by atoms with Crippen LogP contribution in [0.4, 0.5) is 17.1 Å². The van der Waals surface area contributed by atoms with E-state index in [1.807, 2.05) is 0 Å². The van der Waals surface area contributed by atoms with Gasteiger partial charge in [0.15, 0.2) is 0 Å². The van der Waals surface area contributed by atoms with E-state index in [4.69, 9.17) is 0 Å². The molecule has 10 aromatic carbocycles. The van der Waals surface area contributed by atoms with E-state index in [0.717, 1.165) is 33.8 Å². The Morgan fingerprint density at radius 1 is 0.300 bits per heavy atom. The summed E-state index contributed by atoms with van der Waals surface area (Å²) in [5.74, 6) is 0. The number of hydrogen-bond acceptors (Lipinski definition) is 1. The highest BCUT2D eigenvalue weighted by Gasteiger charge is 2.23. The summed E-state index contributed by atoms with van der Waals surface area (Å²) >= 11 is 0. The van der Waals surface area contributed by atoms with Gasteiger partial charge in [0.1, 0.15) is 0 Å². The van der Waals surface area contributed by atoms with Crippen LogP contribution in [0.3, 0.4) is 0 Å². The topological polar surface area (TPSA) is 8.17 Å². The van der Waals surface area contributed by atoms with Crippen molar-refractivity contribution >= 4 is 49.6 Å². The van der Waals surface area contributed by atoms with Crippen LogP contribution < -0.4 is 4.90 Å². The number of benzene rings is 10. The Morgan fingerprint density at radius 2 is 0.833 bits per heavy atom. The Hall–Kier alpha value is -7.94. The van der Waals surface area contributed by atoms with Crippen LogP contribution in [0.2, 0.25) is 0 Å². The lowest BCUT2D eigenvalue weighted by Gasteiger charge is -2.29. The molecule has 60 heavy (non-hydrogen) atoms. The van der Waals surface area contributed by atoms with Gasteiger partial charge < -0.3 is 9.47 Å². The molecule has 1 aromatic heterocycles. The zero-order valence-electron chi connectivity index (χ0n) is 33.0. The van der Waals surface area contributed by atoms with Gasteiger partial charge in [-0.1, -0.05) is 200 Å². The number of rotatable bonds is 8. The van der Waals surface area contributed by atoms with Crippen LogP contribution >= 0.6 is 0 Å². The molecule has 2 heteroatoms. The van der Waals surface area contributed by atoms with Gasteiger partial charge >= 0.3 is 0 Å². The van der Waals surface area contributed by atoms with Crippen molar-refractivity contribution in [1.29, 1.82) is 0 Å². The fourth-order valence-corrected chi connectivity index (χ4v) is 9.07. The highest BCUT2D eigenvalue weighted by molar-refractivity contribution is 6.12. The molecule has 282 valence electrons. The Kier molecular flexibility index (Phi) is 8.87. The number of anilines is 3. The summed E-state index contributed by atoms with van der Waals surface area (Å²) in [6.07, 6.45) is 0. The first kappa shape index (κ1) is 35.2. The van der Waals surface area contributed by atoms with E-state index in [9.17, 15) is 0 Å². The maximum absolute atomic E-state index is 2.47. The maximum atomic E-state index is 2.47. The van der Waals surface area contributed by atoms with E-state index < -0.39 is 0 Å². The molecule has 11 rings (SSSR count). The molecule has 0 aliphatic heterocycles. The largest absolute Gasteiger partial charge is 0.310 e. The van der Waals surface area contributed by atoms with Crippen molar-refractivity contribution in [2.45, 2.75) is 0 Å². The van der Waals surface area contributed by atoms with Crippen LogP contribution in [0.25, 0.3) is 82.8 Å². The highest BCUT2D eigenvalue weighted by Crippen LogP contribution is 2.47. The highest BCUT2D eigenvalue weighted by atomic mass is 15.1. The van der Waals surface area contributed by atoms with Crippen LogP contribution in [0.5, 0.6) is 0 Å². The van der Waals surface area contributed by atoms with Crippen molar-refractivity contribution in [2.75, 3.05) is 4.90 Å². The monoisotopic (exact) mass is 764 g/mol. The van der Waals surface area contributed by atoms with Crippen LogP contribution in [0.15, 0.2) is 243 Å². The van der Waals surface area contributed by atoms with E-state index in [0.29, 0.717) is 0 Å². The molecule has 0 saturated carbocycles. The molecule has 1 heterocycles. The van der Waals surface area contributed by atoms with Crippen molar-refractivity contribution < 1.29 is 0 Å². The normalized spacial score (nSPS) is 11.3. The summed E-state index contributed by atoms with van der Waals surface area (Å²) in [6.45, 7) is 0. The van der Waals surface area contributed by atoms with Crippen molar-refractivity contribution in [2.24, 2.45) is 0 Å². The number of fused-ring (bicyclic) bond motifs is 4. The van der Waals surface area contributed by atoms with Gasteiger partial charge in [-0.25, -0.2) is 0 Å². The molecule has 0 spiro atoms. The van der Waals surface area contributed by atoms with Gasteiger partial charge in [0, 0.05) is 33.3 Å². The summed E-state index contributed by atoms with van der Waals surface area (Å²) in [6, 6.07) is 88.0. The third-order valence-corrected chi connectivity index (χ3v) is 11.8. The molecule has 0 radical (unpaired) electrons. The molecule has 0 aliphatic rings. The number of para-hydroxylation sites is 2. The SMILES string of the molecule is c1ccc(-c2ccc(N(c3ccc4c5ccccc5n(-c5ccccc5-c5cccc6ccccc56)c4c3)c3cccc(-c4ccccc4)c3-c3ccccc3)cc2)cc1. The second-order valence-electron chi connectivity index (χ2n) is 15.3. The summed E-state index contributed by atoms with van der Waals surface area (Å²) in [4.78, 5) is 2.45. The molecule has 0 amide bonds. The van der Waals surface area contributed by atoms with Gasteiger partial charge in [-0.2, -0.15) is 0 Å². The van der Waals surface area contributed by atoms with E-state index in [1.54, 1.807) is 0 Å². The molecule has 0 atom stereocenters. The van der Waals surface area contributed by atoms with E-state index in [2.05, 4.69) is 252 Å². The first-order chi connectivity index (χ1) is 29.8. The predicted octanol–water partition coefficient (Wildman–Crippen LogP) is 16.1. The minimum atomic E-state index is 1.07. The zero-order valence-corrected chi connectivity index (χ0v) is 33.0. The summed E-state index contributed by atoms with van der Waals surface area (Å²) in [7, 11) is 0. The van der Waals surface area contributed by atoms with Gasteiger partial charge in [0.25, 0.3) is 0 Å². The average Bonchev–Trinajstić information content (AvgIpc) is 3.66. The van der Waals surface area contributed by atoms with Gasteiger partial charge in [0.05, 0.1) is 22.4 Å². The predicted molar refractivity (Wildman–Crippen MR) is 255 cm³/mol. The molecule has 0 bridgehead atoms. The van der Waals surface area contributed by atoms with Crippen LogP contribution in [-0.4, -0.2) is 4.57 Å². The average molecular weight is 765 g/mol. The maximum Gasteiger partial charge on any atom is 0.0562 e. The van der Waals surface area contributed by atoms with Crippen LogP contribution in [0.1, 0.15) is 0 Å². The lowest BCUT2D eigenvalue weighted by Crippen LogP contribution is -2.12. The second-order valence-corrected chi connectivity index (χ2v) is 15.3. The van der Waals surface area contributed by atoms with E-state index >= 15 is 0 Å². The fourth-order valence-electron chi connectivity index (χ4n) is 9.07.